The van der Waals surface area contributed by atoms with Gasteiger partial charge in [-0.05, 0) is 38.3 Å². The van der Waals surface area contributed by atoms with Gasteiger partial charge in [-0.3, -0.25) is 9.36 Å². The number of thioether (sulfide) groups is 1. The first-order valence-corrected chi connectivity index (χ1v) is 11.0. The van der Waals surface area contributed by atoms with Gasteiger partial charge in [0.15, 0.2) is 0 Å². The number of hydrogen-bond donors (Lipinski definition) is 2. The van der Waals surface area contributed by atoms with Gasteiger partial charge < -0.3 is 15.0 Å². The summed E-state index contributed by atoms with van der Waals surface area (Å²) in [5.74, 6) is 0.708. The number of quaternary nitrogens is 1. The largest absolute Gasteiger partial charge is 0.492 e. The number of nitrogens with zero attached hydrogens (tertiary/aromatic N) is 2. The number of para-hydroxylation sites is 2. The highest BCUT2D eigenvalue weighted by Crippen LogP contribution is 2.29. The molecular formula is C21H29N4O3S+. The lowest BCUT2D eigenvalue weighted by molar-refractivity contribution is -0.859. The van der Waals surface area contributed by atoms with Crippen molar-refractivity contribution in [2.45, 2.75) is 37.8 Å². The number of rotatable bonds is 9. The summed E-state index contributed by atoms with van der Waals surface area (Å²) in [5, 5.41) is 3.59. The van der Waals surface area contributed by atoms with Crippen LogP contribution in [0, 0.1) is 0 Å². The predicted octanol–water partition coefficient (Wildman–Crippen LogP) is 1.01. The van der Waals surface area contributed by atoms with E-state index in [9.17, 15) is 9.59 Å². The fourth-order valence-electron chi connectivity index (χ4n) is 3.44. The van der Waals surface area contributed by atoms with Crippen molar-refractivity contribution < 1.29 is 14.4 Å². The van der Waals surface area contributed by atoms with Crippen LogP contribution in [0.4, 0.5) is 5.69 Å². The van der Waals surface area contributed by atoms with E-state index in [1.165, 1.54) is 16.7 Å². The minimum Gasteiger partial charge on any atom is -0.492 e. The quantitative estimate of drug-likeness (QED) is 0.470. The van der Waals surface area contributed by atoms with E-state index in [1.807, 2.05) is 35.8 Å². The molecule has 29 heavy (non-hydrogen) atoms. The molecule has 1 aromatic heterocycles. The molecule has 0 atom stereocenters. The van der Waals surface area contributed by atoms with Crippen LogP contribution in [0.1, 0.15) is 24.6 Å². The van der Waals surface area contributed by atoms with E-state index in [0.29, 0.717) is 29.6 Å². The molecule has 1 amide bonds. The van der Waals surface area contributed by atoms with Crippen molar-refractivity contribution in [2.75, 3.05) is 38.3 Å². The predicted molar refractivity (Wildman–Crippen MR) is 115 cm³/mol. The Morgan fingerprint density at radius 3 is 2.86 bits per heavy atom. The minimum atomic E-state index is -0.212. The number of likely N-dealkylation sites (N-methyl/N-ethyl adjacent to an activating group) is 1. The van der Waals surface area contributed by atoms with Gasteiger partial charge in [-0.15, -0.1) is 0 Å². The second-order valence-corrected chi connectivity index (χ2v) is 8.32. The molecule has 0 fully saturated rings. The fourth-order valence-corrected chi connectivity index (χ4v) is 4.32. The van der Waals surface area contributed by atoms with Gasteiger partial charge in [0.2, 0.25) is 5.91 Å². The van der Waals surface area contributed by atoms with Crippen LogP contribution in [-0.2, 0) is 24.2 Å². The summed E-state index contributed by atoms with van der Waals surface area (Å²) in [4.78, 5) is 30.6. The Labute approximate surface area is 175 Å². The second kappa shape index (κ2) is 9.93. The summed E-state index contributed by atoms with van der Waals surface area (Å²) in [5.41, 5.74) is 2.66. The van der Waals surface area contributed by atoms with Gasteiger partial charge in [0.25, 0.3) is 0 Å². The molecule has 0 bridgehead atoms. The van der Waals surface area contributed by atoms with Crippen molar-refractivity contribution in [3.63, 3.8) is 0 Å². The average molecular weight is 418 g/mol. The number of carbonyl (C=O) groups is 1. The van der Waals surface area contributed by atoms with E-state index in [2.05, 4.69) is 24.4 Å². The van der Waals surface area contributed by atoms with Crippen LogP contribution in [0.3, 0.4) is 0 Å². The lowest BCUT2D eigenvalue weighted by Gasteiger charge is -2.15. The third-order valence-electron chi connectivity index (χ3n) is 4.84. The minimum absolute atomic E-state index is 0.143. The Morgan fingerprint density at radius 1 is 1.31 bits per heavy atom. The summed E-state index contributed by atoms with van der Waals surface area (Å²) in [7, 11) is 4.15. The van der Waals surface area contributed by atoms with Crippen molar-refractivity contribution in [1.29, 1.82) is 0 Å². The molecule has 1 aliphatic carbocycles. The van der Waals surface area contributed by atoms with Gasteiger partial charge in [-0.25, -0.2) is 4.79 Å². The normalized spacial score (nSPS) is 12.8. The Balaban J connectivity index is 1.70. The van der Waals surface area contributed by atoms with E-state index < -0.39 is 0 Å². The van der Waals surface area contributed by atoms with Crippen LogP contribution in [0.15, 0.2) is 34.1 Å². The van der Waals surface area contributed by atoms with Crippen molar-refractivity contribution >= 4 is 23.4 Å². The van der Waals surface area contributed by atoms with E-state index >= 15 is 0 Å². The lowest BCUT2D eigenvalue weighted by atomic mass is 10.2. The number of benzene rings is 1. The molecular weight excluding hydrogens is 388 g/mol. The SMILES string of the molecule is CCOc1ccccc1NC(=O)CSc1nc(=O)n(CC[NH+](C)C)c2c1CCC2. The number of ether oxygens (including phenoxy) is 1. The van der Waals surface area contributed by atoms with Gasteiger partial charge >= 0.3 is 5.69 Å². The lowest BCUT2D eigenvalue weighted by Crippen LogP contribution is -3.06. The Morgan fingerprint density at radius 2 is 2.10 bits per heavy atom. The molecule has 0 aliphatic heterocycles. The van der Waals surface area contributed by atoms with Crippen LogP contribution in [0.2, 0.25) is 0 Å². The van der Waals surface area contributed by atoms with Crippen LogP contribution >= 0.6 is 11.8 Å². The third kappa shape index (κ3) is 5.39. The van der Waals surface area contributed by atoms with Crippen molar-refractivity contribution in [3.8, 4) is 5.75 Å². The summed E-state index contributed by atoms with van der Waals surface area (Å²) in [6.07, 6.45) is 2.84. The zero-order chi connectivity index (χ0) is 20.8. The molecule has 1 aromatic carbocycles. The zero-order valence-corrected chi connectivity index (χ0v) is 18.1. The highest BCUT2D eigenvalue weighted by molar-refractivity contribution is 8.00. The van der Waals surface area contributed by atoms with Crippen LogP contribution in [-0.4, -0.2) is 48.5 Å². The smallest absolute Gasteiger partial charge is 0.349 e. The summed E-state index contributed by atoms with van der Waals surface area (Å²) >= 11 is 1.34. The first-order chi connectivity index (χ1) is 14.0. The van der Waals surface area contributed by atoms with Crippen molar-refractivity contribution in [1.82, 2.24) is 9.55 Å². The summed E-state index contributed by atoms with van der Waals surface area (Å²) in [6, 6.07) is 7.37. The number of hydrogen-bond acceptors (Lipinski definition) is 5. The van der Waals surface area contributed by atoms with E-state index in [-0.39, 0.29) is 17.3 Å². The highest BCUT2D eigenvalue weighted by atomic mass is 32.2. The summed E-state index contributed by atoms with van der Waals surface area (Å²) < 4.78 is 7.37. The molecule has 7 nitrogen and oxygen atoms in total. The molecule has 156 valence electrons. The summed E-state index contributed by atoms with van der Waals surface area (Å²) in [6.45, 7) is 3.99. The highest BCUT2D eigenvalue weighted by Gasteiger charge is 2.23. The number of aromatic nitrogens is 2. The number of anilines is 1. The number of nitrogens with one attached hydrogen (secondary N) is 2. The van der Waals surface area contributed by atoms with Gasteiger partial charge in [0, 0.05) is 11.3 Å². The van der Waals surface area contributed by atoms with E-state index in [1.54, 1.807) is 0 Å². The van der Waals surface area contributed by atoms with Gasteiger partial charge in [0.1, 0.15) is 10.8 Å². The molecule has 2 aromatic rings. The zero-order valence-electron chi connectivity index (χ0n) is 17.3. The topological polar surface area (TPSA) is 77.7 Å². The van der Waals surface area contributed by atoms with E-state index in [0.717, 1.165) is 37.1 Å². The van der Waals surface area contributed by atoms with Crippen molar-refractivity contribution in [3.05, 3.63) is 46.0 Å². The maximum Gasteiger partial charge on any atom is 0.349 e. The molecule has 8 heteroatoms. The van der Waals surface area contributed by atoms with Gasteiger partial charge in [-0.2, -0.15) is 4.98 Å². The number of carbonyl (C=O) groups excluding carboxylic acids is 1. The molecule has 0 radical (unpaired) electrons. The molecule has 0 saturated carbocycles. The molecule has 0 saturated heterocycles. The molecule has 3 rings (SSSR count). The molecule has 2 N–H and O–H groups in total. The molecule has 0 unspecified atom stereocenters. The van der Waals surface area contributed by atoms with Crippen LogP contribution in [0.25, 0.3) is 0 Å². The van der Waals surface area contributed by atoms with Crippen LogP contribution in [0.5, 0.6) is 5.75 Å². The fraction of sp³-hybridized carbons (Fsp3) is 0.476. The maximum absolute atomic E-state index is 12.6. The first-order valence-electron chi connectivity index (χ1n) is 10.1. The van der Waals surface area contributed by atoms with Gasteiger partial charge in [0.05, 0.1) is 45.2 Å². The molecule has 1 heterocycles. The van der Waals surface area contributed by atoms with Gasteiger partial charge in [-0.1, -0.05) is 23.9 Å². The van der Waals surface area contributed by atoms with Crippen LogP contribution < -0.4 is 20.6 Å². The van der Waals surface area contributed by atoms with Crippen molar-refractivity contribution in [2.24, 2.45) is 0 Å². The average Bonchev–Trinajstić information content (AvgIpc) is 3.17. The number of amides is 1. The van der Waals surface area contributed by atoms with E-state index in [4.69, 9.17) is 4.74 Å². The standard InChI is InChI=1S/C21H28N4O3S/c1-4-28-18-11-6-5-9-16(18)22-19(26)14-29-20-15-8-7-10-17(15)25(21(27)23-20)13-12-24(2)3/h5-6,9,11H,4,7-8,10,12-14H2,1-3H3,(H,22,26)/p+1. The molecule has 0 spiro atoms. The third-order valence-corrected chi connectivity index (χ3v) is 5.85. The Hall–Kier alpha value is -2.32. The second-order valence-electron chi connectivity index (χ2n) is 7.35. The monoisotopic (exact) mass is 417 g/mol. The Kier molecular flexibility index (Phi) is 7.33. The maximum atomic E-state index is 12.6. The number of fused-ring (bicyclic) bond motifs is 1. The molecule has 1 aliphatic rings. The first kappa shape index (κ1) is 21.4. The Bertz CT molecular complexity index is 927.